The van der Waals surface area contributed by atoms with Crippen molar-refractivity contribution >= 4 is 38.0 Å². The first-order valence-electron chi connectivity index (χ1n) is 13.2. The number of amides is 2. The summed E-state index contributed by atoms with van der Waals surface area (Å²) < 4.78 is 40.1. The van der Waals surface area contributed by atoms with Crippen LogP contribution in [0.2, 0.25) is 0 Å². The van der Waals surface area contributed by atoms with Crippen LogP contribution >= 0.6 is 9.24 Å². The third kappa shape index (κ3) is 6.91. The number of fused-ring (bicyclic) bond motifs is 1. The summed E-state index contributed by atoms with van der Waals surface area (Å²) >= 11 is 0. The van der Waals surface area contributed by atoms with Crippen LogP contribution in [-0.4, -0.2) is 43.7 Å². The van der Waals surface area contributed by atoms with Gasteiger partial charge in [-0.3, -0.25) is 9.47 Å². The molecule has 0 spiro atoms. The van der Waals surface area contributed by atoms with E-state index < -0.39 is 17.3 Å². The lowest BCUT2D eigenvalue weighted by Gasteiger charge is -2.28. The molecule has 42 heavy (non-hydrogen) atoms. The van der Waals surface area contributed by atoms with Gasteiger partial charge in [-0.25, -0.2) is 19.6 Å². The first kappa shape index (κ1) is 29.1. The number of alkyl halides is 2. The fourth-order valence-corrected chi connectivity index (χ4v) is 4.64. The van der Waals surface area contributed by atoms with Gasteiger partial charge in [-0.05, 0) is 63.6 Å². The van der Waals surface area contributed by atoms with E-state index in [0.29, 0.717) is 30.1 Å². The molecule has 1 N–H and O–H groups in total. The summed E-state index contributed by atoms with van der Waals surface area (Å²) in [5.74, 6) is 0.841. The van der Waals surface area contributed by atoms with Crippen LogP contribution < -0.4 is 10.1 Å². The number of aromatic nitrogens is 3. The number of nitrogens with zero attached hydrogens (tertiary/aromatic N) is 4. The molecule has 0 radical (unpaired) electrons. The quantitative estimate of drug-likeness (QED) is 0.241. The van der Waals surface area contributed by atoms with Crippen molar-refractivity contribution in [2.24, 2.45) is 0 Å². The van der Waals surface area contributed by atoms with Crippen LogP contribution in [0.3, 0.4) is 0 Å². The van der Waals surface area contributed by atoms with Gasteiger partial charge in [0, 0.05) is 47.6 Å². The zero-order valence-electron chi connectivity index (χ0n) is 23.3. The summed E-state index contributed by atoms with van der Waals surface area (Å²) in [5.41, 5.74) is -2.27. The third-order valence-electron chi connectivity index (χ3n) is 6.45. The van der Waals surface area contributed by atoms with E-state index in [1.807, 2.05) is 26.8 Å². The maximum absolute atomic E-state index is 13.7. The van der Waals surface area contributed by atoms with Gasteiger partial charge in [-0.2, -0.15) is 8.78 Å². The molecule has 0 aliphatic carbocycles. The fourth-order valence-electron chi connectivity index (χ4n) is 4.46. The van der Waals surface area contributed by atoms with Crippen LogP contribution in [0.5, 0.6) is 11.6 Å². The summed E-state index contributed by atoms with van der Waals surface area (Å²) in [6.07, 6.45) is 6.92. The Morgan fingerprint density at radius 1 is 1.07 bits per heavy atom. The topological polar surface area (TPSA) is 98.6 Å². The molecule has 1 aliphatic rings. The second kappa shape index (κ2) is 11.5. The van der Waals surface area contributed by atoms with Crippen LogP contribution in [0, 0.1) is 0 Å². The Morgan fingerprint density at radius 3 is 2.60 bits per heavy atom. The molecule has 218 valence electrons. The number of hydrogen-bond donors (Lipinski definition) is 1. The molecular formula is C30H30F2N5O4P. The second-order valence-electron chi connectivity index (χ2n) is 10.8. The van der Waals surface area contributed by atoms with Crippen molar-refractivity contribution in [1.29, 1.82) is 0 Å². The molecule has 12 heteroatoms. The van der Waals surface area contributed by atoms with E-state index in [0.717, 1.165) is 11.1 Å². The standard InChI is InChI=1S/C30H30F2N5O4P/c1-29(2,3)41-28(39)36-12-9-19(10-13-36)24-17-26(34-18-33-24)40-23-7-8-25-20(15-23)11-14-37(25)27(38)35-22-6-4-5-21(16-22)30(31,32)42/h4-9,11-12,14-19H,10,13,42H2,1-3H3,(H,35,38). The molecule has 2 amide bonds. The summed E-state index contributed by atoms with van der Waals surface area (Å²) in [6, 6.07) is 13.8. The molecule has 3 heterocycles. The smallest absolute Gasteiger partial charge is 0.414 e. The van der Waals surface area contributed by atoms with E-state index in [9.17, 15) is 18.4 Å². The monoisotopic (exact) mass is 593 g/mol. The second-order valence-corrected chi connectivity index (χ2v) is 11.6. The van der Waals surface area contributed by atoms with Crippen LogP contribution in [-0.2, 0) is 10.4 Å². The summed E-state index contributed by atoms with van der Waals surface area (Å²) in [7, 11) is 1.49. The number of hydrogen-bond acceptors (Lipinski definition) is 6. The molecule has 2 unspecified atom stereocenters. The predicted molar refractivity (Wildman–Crippen MR) is 158 cm³/mol. The Hall–Kier alpha value is -4.37. The third-order valence-corrected chi connectivity index (χ3v) is 6.79. The largest absolute Gasteiger partial charge is 0.443 e. The first-order valence-corrected chi connectivity index (χ1v) is 13.8. The van der Waals surface area contributed by atoms with Gasteiger partial charge >= 0.3 is 12.1 Å². The molecular weight excluding hydrogens is 563 g/mol. The molecule has 9 nitrogen and oxygen atoms in total. The Balaban J connectivity index is 1.26. The highest BCUT2D eigenvalue weighted by Crippen LogP contribution is 2.36. The summed E-state index contributed by atoms with van der Waals surface area (Å²) in [5, 5.41) is 3.39. The lowest BCUT2D eigenvalue weighted by Crippen LogP contribution is -2.36. The number of halogens is 2. The van der Waals surface area contributed by atoms with Crippen LogP contribution in [0.1, 0.15) is 44.4 Å². The van der Waals surface area contributed by atoms with Gasteiger partial charge < -0.3 is 14.8 Å². The maximum Gasteiger partial charge on any atom is 0.414 e. The Bertz CT molecular complexity index is 1660. The van der Waals surface area contributed by atoms with Crippen molar-refractivity contribution in [3.63, 3.8) is 0 Å². The molecule has 2 aromatic carbocycles. The highest BCUT2D eigenvalue weighted by atomic mass is 31.0. The molecule has 0 fully saturated rings. The zero-order chi connectivity index (χ0) is 30.1. The van der Waals surface area contributed by atoms with Crippen molar-refractivity contribution < 1.29 is 27.8 Å². The molecule has 2 atom stereocenters. The van der Waals surface area contributed by atoms with Crippen LogP contribution in [0.25, 0.3) is 10.9 Å². The highest BCUT2D eigenvalue weighted by Gasteiger charge is 2.26. The number of ether oxygens (including phenoxy) is 2. The van der Waals surface area contributed by atoms with E-state index >= 15 is 0 Å². The average Bonchev–Trinajstić information content (AvgIpc) is 3.36. The summed E-state index contributed by atoms with van der Waals surface area (Å²) in [6.45, 7) is 5.98. The van der Waals surface area contributed by atoms with Crippen molar-refractivity contribution in [1.82, 2.24) is 19.4 Å². The van der Waals surface area contributed by atoms with E-state index in [4.69, 9.17) is 9.47 Å². The molecule has 4 aromatic rings. The average molecular weight is 594 g/mol. The minimum atomic E-state index is -3.10. The predicted octanol–water partition coefficient (Wildman–Crippen LogP) is 7.47. The normalized spacial score (nSPS) is 15.5. The number of anilines is 1. The van der Waals surface area contributed by atoms with Gasteiger partial charge in [0.25, 0.3) is 5.66 Å². The molecule has 5 rings (SSSR count). The Labute approximate surface area is 243 Å². The summed E-state index contributed by atoms with van der Waals surface area (Å²) in [4.78, 5) is 35.4. The van der Waals surface area contributed by atoms with Crippen LogP contribution in [0.4, 0.5) is 24.1 Å². The maximum atomic E-state index is 13.7. The van der Waals surface area contributed by atoms with E-state index in [-0.39, 0.29) is 23.3 Å². The fraction of sp³-hybridized carbons (Fsp3) is 0.267. The number of carbonyl (C=O) groups is 2. The number of allylic oxidation sites excluding steroid dienone is 1. The number of carbonyl (C=O) groups excluding carboxylic acids is 2. The lowest BCUT2D eigenvalue weighted by molar-refractivity contribution is 0.0324. The molecule has 2 aromatic heterocycles. The van der Waals surface area contributed by atoms with Crippen LogP contribution in [0.15, 0.2) is 79.4 Å². The highest BCUT2D eigenvalue weighted by molar-refractivity contribution is 7.17. The van der Waals surface area contributed by atoms with Gasteiger partial charge in [0.05, 0.1) is 11.2 Å². The van der Waals surface area contributed by atoms with Crippen molar-refractivity contribution in [3.8, 4) is 11.6 Å². The van der Waals surface area contributed by atoms with Gasteiger partial charge in [-0.1, -0.05) is 27.4 Å². The SMILES string of the molecule is CC(C)(C)OC(=O)N1C=CC(c2cc(Oc3ccc4c(ccn4C(=O)Nc4cccc(C(F)(F)P)c4)c3)ncn2)CC1. The molecule has 0 bridgehead atoms. The minimum Gasteiger partial charge on any atom is -0.443 e. The zero-order valence-corrected chi connectivity index (χ0v) is 24.4. The van der Waals surface area contributed by atoms with Gasteiger partial charge in [-0.15, -0.1) is 0 Å². The van der Waals surface area contributed by atoms with Crippen molar-refractivity contribution in [2.45, 2.75) is 44.4 Å². The molecule has 0 saturated carbocycles. The minimum absolute atomic E-state index is 0.0212. The van der Waals surface area contributed by atoms with Crippen molar-refractivity contribution in [3.05, 3.63) is 90.7 Å². The molecule has 0 saturated heterocycles. The number of rotatable bonds is 5. The first-order chi connectivity index (χ1) is 19.9. The number of benzene rings is 2. The number of nitrogens with one attached hydrogen (secondary N) is 1. The van der Waals surface area contributed by atoms with E-state index in [1.54, 1.807) is 53.7 Å². The van der Waals surface area contributed by atoms with Crippen molar-refractivity contribution in [2.75, 3.05) is 11.9 Å². The van der Waals surface area contributed by atoms with Gasteiger partial charge in [0.1, 0.15) is 17.7 Å². The Kier molecular flexibility index (Phi) is 7.97. The van der Waals surface area contributed by atoms with Gasteiger partial charge in [0.15, 0.2) is 0 Å². The Morgan fingerprint density at radius 2 is 1.88 bits per heavy atom. The van der Waals surface area contributed by atoms with E-state index in [2.05, 4.69) is 15.3 Å². The van der Waals surface area contributed by atoms with Gasteiger partial charge in [0.2, 0.25) is 5.88 Å². The molecule has 1 aliphatic heterocycles. The lowest BCUT2D eigenvalue weighted by atomic mass is 9.98. The van der Waals surface area contributed by atoms with E-state index in [1.165, 1.54) is 38.3 Å².